The molecular weight excluding hydrogens is 202 g/mol. The third-order valence-electron chi connectivity index (χ3n) is 1.76. The Morgan fingerprint density at radius 1 is 1.64 bits per heavy atom. The average Bonchev–Trinajstić information content (AvgIpc) is 2.17. The van der Waals surface area contributed by atoms with Crippen LogP contribution in [-0.2, 0) is 4.79 Å². The molecule has 14 heavy (non-hydrogen) atoms. The van der Waals surface area contributed by atoms with Crippen molar-refractivity contribution in [3.8, 4) is 0 Å². The van der Waals surface area contributed by atoms with Gasteiger partial charge in [0.1, 0.15) is 0 Å². The summed E-state index contributed by atoms with van der Waals surface area (Å²) in [5.41, 5.74) is 0.503. The normalized spacial score (nSPS) is 12.2. The zero-order valence-corrected chi connectivity index (χ0v) is 8.58. The molecule has 0 radical (unpaired) electrons. The topological polar surface area (TPSA) is 49.3 Å². The highest BCUT2D eigenvalue weighted by molar-refractivity contribution is 6.30. The fraction of sp³-hybridized carbons (Fsp3) is 0.300. The van der Waals surface area contributed by atoms with Crippen molar-refractivity contribution < 1.29 is 9.90 Å². The predicted octanol–water partition coefficient (Wildman–Crippen LogP) is 1.51. The predicted molar refractivity (Wildman–Crippen MR) is 55.1 cm³/mol. The van der Waals surface area contributed by atoms with Gasteiger partial charge in [0.15, 0.2) is 6.10 Å². The standard InChI is InChI=1S/C10H12ClNO2/c1-2-12-10(14)9(13)7-4-3-5-8(11)6-7/h3-6,9,13H,2H2,1H3,(H,12,14). The fourth-order valence-electron chi connectivity index (χ4n) is 1.10. The highest BCUT2D eigenvalue weighted by Crippen LogP contribution is 2.17. The van der Waals surface area contributed by atoms with Crippen molar-refractivity contribution in [2.45, 2.75) is 13.0 Å². The van der Waals surface area contributed by atoms with E-state index >= 15 is 0 Å². The third kappa shape index (κ3) is 2.72. The van der Waals surface area contributed by atoms with Gasteiger partial charge in [-0.15, -0.1) is 0 Å². The second-order valence-electron chi connectivity index (χ2n) is 2.85. The number of likely N-dealkylation sites (N-methyl/N-ethyl adjacent to an activating group) is 1. The van der Waals surface area contributed by atoms with Gasteiger partial charge in [-0.05, 0) is 24.6 Å². The number of carbonyl (C=O) groups is 1. The molecule has 1 atom stereocenters. The Balaban J connectivity index is 2.78. The van der Waals surface area contributed by atoms with Crippen LogP contribution in [0.25, 0.3) is 0 Å². The molecular formula is C10H12ClNO2. The van der Waals surface area contributed by atoms with Crippen LogP contribution in [-0.4, -0.2) is 17.6 Å². The van der Waals surface area contributed by atoms with Crippen LogP contribution in [0.3, 0.4) is 0 Å². The number of rotatable bonds is 3. The van der Waals surface area contributed by atoms with E-state index in [1.54, 1.807) is 31.2 Å². The van der Waals surface area contributed by atoms with Gasteiger partial charge in [-0.1, -0.05) is 23.7 Å². The Bertz CT molecular complexity index is 328. The molecule has 1 aromatic carbocycles. The number of nitrogens with one attached hydrogen (secondary N) is 1. The molecule has 2 N–H and O–H groups in total. The van der Waals surface area contributed by atoms with Crippen molar-refractivity contribution in [1.82, 2.24) is 5.32 Å². The van der Waals surface area contributed by atoms with Crippen molar-refractivity contribution in [2.24, 2.45) is 0 Å². The molecule has 0 heterocycles. The molecule has 1 unspecified atom stereocenters. The zero-order valence-electron chi connectivity index (χ0n) is 7.83. The minimum Gasteiger partial charge on any atom is -0.378 e. The molecule has 0 saturated heterocycles. The van der Waals surface area contributed by atoms with E-state index in [0.717, 1.165) is 0 Å². The number of aliphatic hydroxyl groups is 1. The lowest BCUT2D eigenvalue weighted by Crippen LogP contribution is -2.28. The molecule has 0 aliphatic heterocycles. The second-order valence-corrected chi connectivity index (χ2v) is 3.29. The van der Waals surface area contributed by atoms with Crippen LogP contribution in [0.1, 0.15) is 18.6 Å². The van der Waals surface area contributed by atoms with Gasteiger partial charge in [0.05, 0.1) is 0 Å². The highest BCUT2D eigenvalue weighted by Gasteiger charge is 2.15. The van der Waals surface area contributed by atoms with Crippen LogP contribution >= 0.6 is 11.6 Å². The van der Waals surface area contributed by atoms with Gasteiger partial charge < -0.3 is 10.4 Å². The van der Waals surface area contributed by atoms with Crippen LogP contribution in [0.15, 0.2) is 24.3 Å². The molecule has 0 saturated carbocycles. The van der Waals surface area contributed by atoms with E-state index in [-0.39, 0.29) is 0 Å². The summed E-state index contributed by atoms with van der Waals surface area (Å²) in [5.74, 6) is -0.408. The molecule has 1 rings (SSSR count). The third-order valence-corrected chi connectivity index (χ3v) is 2.00. The summed E-state index contributed by atoms with van der Waals surface area (Å²) in [6.07, 6.45) is -1.14. The van der Waals surface area contributed by atoms with Crippen LogP contribution in [0.5, 0.6) is 0 Å². The number of carbonyl (C=O) groups excluding carboxylic acids is 1. The Kier molecular flexibility index (Phi) is 3.92. The molecule has 3 nitrogen and oxygen atoms in total. The van der Waals surface area contributed by atoms with Crippen LogP contribution < -0.4 is 5.32 Å². The van der Waals surface area contributed by atoms with Gasteiger partial charge in [0, 0.05) is 11.6 Å². The minimum absolute atomic E-state index is 0.408. The first kappa shape index (κ1) is 11.0. The highest BCUT2D eigenvalue weighted by atomic mass is 35.5. The van der Waals surface area contributed by atoms with E-state index < -0.39 is 12.0 Å². The Labute approximate surface area is 87.7 Å². The smallest absolute Gasteiger partial charge is 0.253 e. The summed E-state index contributed by atoms with van der Waals surface area (Å²) in [4.78, 5) is 11.3. The molecule has 0 bridgehead atoms. The molecule has 76 valence electrons. The Hall–Kier alpha value is -1.06. The van der Waals surface area contributed by atoms with E-state index in [4.69, 9.17) is 11.6 Å². The quantitative estimate of drug-likeness (QED) is 0.800. The first-order valence-corrected chi connectivity index (χ1v) is 4.74. The van der Waals surface area contributed by atoms with Gasteiger partial charge in [-0.2, -0.15) is 0 Å². The Morgan fingerprint density at radius 2 is 2.36 bits per heavy atom. The molecule has 0 spiro atoms. The lowest BCUT2D eigenvalue weighted by Gasteiger charge is -2.10. The van der Waals surface area contributed by atoms with Crippen molar-refractivity contribution in [2.75, 3.05) is 6.54 Å². The number of aliphatic hydroxyl groups excluding tert-OH is 1. The maximum absolute atomic E-state index is 11.3. The number of benzene rings is 1. The number of hydrogen-bond donors (Lipinski definition) is 2. The van der Waals surface area contributed by atoms with Crippen LogP contribution in [0, 0.1) is 0 Å². The van der Waals surface area contributed by atoms with Crippen LogP contribution in [0.4, 0.5) is 0 Å². The summed E-state index contributed by atoms with van der Waals surface area (Å²) in [7, 11) is 0. The molecule has 0 aliphatic rings. The SMILES string of the molecule is CCNC(=O)C(O)c1cccc(Cl)c1. The van der Waals surface area contributed by atoms with Gasteiger partial charge in [0.25, 0.3) is 5.91 Å². The van der Waals surface area contributed by atoms with Crippen molar-refractivity contribution in [3.63, 3.8) is 0 Å². The van der Waals surface area contributed by atoms with Gasteiger partial charge in [-0.3, -0.25) is 4.79 Å². The summed E-state index contributed by atoms with van der Waals surface area (Å²) in [6, 6.07) is 6.61. The lowest BCUT2D eigenvalue weighted by atomic mass is 10.1. The van der Waals surface area contributed by atoms with Crippen LogP contribution in [0.2, 0.25) is 5.02 Å². The van der Waals surface area contributed by atoms with Gasteiger partial charge in [-0.25, -0.2) is 0 Å². The number of hydrogen-bond acceptors (Lipinski definition) is 2. The summed E-state index contributed by atoms with van der Waals surface area (Å²) >= 11 is 5.73. The molecule has 0 aliphatic carbocycles. The van der Waals surface area contributed by atoms with Crippen molar-refractivity contribution in [1.29, 1.82) is 0 Å². The summed E-state index contributed by atoms with van der Waals surface area (Å²) < 4.78 is 0. The molecule has 0 fully saturated rings. The summed E-state index contributed by atoms with van der Waals surface area (Å²) in [6.45, 7) is 2.29. The number of amides is 1. The molecule has 4 heteroatoms. The first-order valence-electron chi connectivity index (χ1n) is 4.36. The second kappa shape index (κ2) is 4.98. The minimum atomic E-state index is -1.14. The van der Waals surface area contributed by atoms with E-state index in [0.29, 0.717) is 17.1 Å². The Morgan fingerprint density at radius 3 is 2.93 bits per heavy atom. The number of halogens is 1. The molecule has 1 aromatic rings. The molecule has 1 amide bonds. The average molecular weight is 214 g/mol. The molecule has 0 aromatic heterocycles. The zero-order chi connectivity index (χ0) is 10.6. The van der Waals surface area contributed by atoms with Crippen molar-refractivity contribution in [3.05, 3.63) is 34.9 Å². The largest absolute Gasteiger partial charge is 0.378 e. The fourth-order valence-corrected chi connectivity index (χ4v) is 1.30. The van der Waals surface area contributed by atoms with E-state index in [2.05, 4.69) is 5.32 Å². The van der Waals surface area contributed by atoms with E-state index in [1.807, 2.05) is 0 Å². The van der Waals surface area contributed by atoms with Crippen molar-refractivity contribution >= 4 is 17.5 Å². The maximum Gasteiger partial charge on any atom is 0.253 e. The van der Waals surface area contributed by atoms with E-state index in [9.17, 15) is 9.90 Å². The van der Waals surface area contributed by atoms with Gasteiger partial charge >= 0.3 is 0 Å². The summed E-state index contributed by atoms with van der Waals surface area (Å²) in [5, 5.41) is 12.6. The van der Waals surface area contributed by atoms with Gasteiger partial charge in [0.2, 0.25) is 0 Å². The lowest BCUT2D eigenvalue weighted by molar-refractivity contribution is -0.129. The monoisotopic (exact) mass is 213 g/mol. The van der Waals surface area contributed by atoms with E-state index in [1.165, 1.54) is 0 Å². The maximum atomic E-state index is 11.3. The first-order chi connectivity index (χ1) is 6.65.